The lowest BCUT2D eigenvalue weighted by Crippen LogP contribution is -2.40. The van der Waals surface area contributed by atoms with E-state index in [0.29, 0.717) is 6.54 Å². The summed E-state index contributed by atoms with van der Waals surface area (Å²) >= 11 is 0. The fourth-order valence-electron chi connectivity index (χ4n) is 6.25. The van der Waals surface area contributed by atoms with E-state index in [1.807, 2.05) is 36.4 Å². The first-order chi connectivity index (χ1) is 23.9. The highest BCUT2D eigenvalue weighted by atomic mass is 16.7. The number of nitrogens with zero attached hydrogens (tertiary/aromatic N) is 1. The summed E-state index contributed by atoms with van der Waals surface area (Å²) < 4.78 is 18.2. The molecule has 2 aromatic rings. The maximum atomic E-state index is 12.1. The van der Waals surface area contributed by atoms with Gasteiger partial charge in [0.1, 0.15) is 6.54 Å². The van der Waals surface area contributed by atoms with Gasteiger partial charge in [0.15, 0.2) is 6.29 Å². The molecule has 0 aromatic heterocycles. The molecule has 3 N–H and O–H groups in total. The molecule has 0 saturated carbocycles. The van der Waals surface area contributed by atoms with Crippen LogP contribution in [0.25, 0.3) is 0 Å². The summed E-state index contributed by atoms with van der Waals surface area (Å²) in [6, 6.07) is 15.5. The fourth-order valence-corrected chi connectivity index (χ4v) is 6.25. The molecule has 1 saturated heterocycles. The minimum absolute atomic E-state index is 0.00545. The molecule has 0 bridgehead atoms. The molecule has 0 radical (unpaired) electrons. The highest BCUT2D eigenvalue weighted by Gasteiger charge is 2.33. The van der Waals surface area contributed by atoms with Crippen molar-refractivity contribution in [1.82, 2.24) is 15.5 Å². The first-order valence-electron chi connectivity index (χ1n) is 18.9. The number of aliphatic hydroxyl groups is 1. The van der Waals surface area contributed by atoms with Crippen molar-refractivity contribution in [1.29, 1.82) is 0 Å². The monoisotopic (exact) mass is 681 g/mol. The van der Waals surface area contributed by atoms with E-state index in [-0.39, 0.29) is 32.0 Å². The van der Waals surface area contributed by atoms with Gasteiger partial charge < -0.3 is 34.9 Å². The van der Waals surface area contributed by atoms with Crippen molar-refractivity contribution < 1.29 is 28.9 Å². The summed E-state index contributed by atoms with van der Waals surface area (Å²) in [5.74, 6) is -0.469. The average molecular weight is 682 g/mol. The first-order valence-corrected chi connectivity index (χ1v) is 18.9. The largest absolute Gasteiger partial charge is 0.465 e. The molecular formula is C40H63N3O6. The molecule has 1 heterocycles. The number of esters is 1. The van der Waals surface area contributed by atoms with Gasteiger partial charge in [-0.1, -0.05) is 127 Å². The highest BCUT2D eigenvalue weighted by Crippen LogP contribution is 2.38. The Bertz CT molecular complexity index is 1160. The van der Waals surface area contributed by atoms with Crippen LogP contribution in [-0.4, -0.2) is 60.9 Å². The first kappa shape index (κ1) is 40.4. The molecule has 2 amide bonds. The number of nitrogens with one attached hydrogen (secondary N) is 2. The second-order valence-corrected chi connectivity index (χ2v) is 13.3. The van der Waals surface area contributed by atoms with Crippen LogP contribution in [0.4, 0.5) is 4.79 Å². The van der Waals surface area contributed by atoms with E-state index in [1.54, 1.807) is 6.92 Å². The standard InChI is InChI=1S/C40H63N3O6/c1-4-7-9-11-13-15-25-43(26-16-14-12-10-8-5-2)30-36-27-37(34-21-19-33(31-44)20-22-34)49-39(48-36)35-23-17-32(18-24-35)28-41-40(46)42-29-38(45)47-6-3/h17-24,36-37,39,44H,4-16,25-31H2,1-3H3,(H2,41,42,46). The molecule has 3 unspecified atom stereocenters. The molecule has 49 heavy (non-hydrogen) atoms. The van der Waals surface area contributed by atoms with Crippen molar-refractivity contribution in [3.63, 3.8) is 0 Å². The number of carbonyl (C=O) groups excluding carboxylic acids is 2. The van der Waals surface area contributed by atoms with E-state index >= 15 is 0 Å². The Labute approximate surface area is 295 Å². The third-order valence-corrected chi connectivity index (χ3v) is 9.14. The predicted molar refractivity (Wildman–Crippen MR) is 195 cm³/mol. The molecular weight excluding hydrogens is 618 g/mol. The maximum absolute atomic E-state index is 12.1. The number of urea groups is 1. The number of hydrogen-bond acceptors (Lipinski definition) is 7. The summed E-state index contributed by atoms with van der Waals surface area (Å²) in [5, 5.41) is 14.9. The Morgan fingerprint density at radius 3 is 1.92 bits per heavy atom. The van der Waals surface area contributed by atoms with Gasteiger partial charge in [0.25, 0.3) is 0 Å². The number of amides is 2. The molecule has 0 aliphatic carbocycles. The number of rotatable bonds is 24. The Morgan fingerprint density at radius 1 is 0.755 bits per heavy atom. The van der Waals surface area contributed by atoms with Crippen molar-refractivity contribution in [3.8, 4) is 0 Å². The molecule has 2 aromatic carbocycles. The van der Waals surface area contributed by atoms with Crippen LogP contribution >= 0.6 is 0 Å². The minimum atomic E-state index is -0.527. The summed E-state index contributed by atoms with van der Waals surface area (Å²) in [5.41, 5.74) is 3.81. The van der Waals surface area contributed by atoms with Crippen LogP contribution in [0.15, 0.2) is 48.5 Å². The molecule has 3 rings (SSSR count). The van der Waals surface area contributed by atoms with Crippen LogP contribution in [0, 0.1) is 0 Å². The van der Waals surface area contributed by atoms with Crippen LogP contribution in [0.1, 0.15) is 139 Å². The van der Waals surface area contributed by atoms with E-state index < -0.39 is 18.3 Å². The van der Waals surface area contributed by atoms with Crippen LogP contribution in [0.5, 0.6) is 0 Å². The lowest BCUT2D eigenvalue weighted by Gasteiger charge is -2.38. The Morgan fingerprint density at radius 2 is 1.33 bits per heavy atom. The second-order valence-electron chi connectivity index (χ2n) is 13.3. The number of benzene rings is 2. The van der Waals surface area contributed by atoms with Gasteiger partial charge in [-0.3, -0.25) is 4.79 Å². The zero-order valence-electron chi connectivity index (χ0n) is 30.4. The zero-order valence-corrected chi connectivity index (χ0v) is 30.4. The van der Waals surface area contributed by atoms with Gasteiger partial charge in [-0.25, -0.2) is 4.79 Å². The fraction of sp³-hybridized carbons (Fsp3) is 0.650. The van der Waals surface area contributed by atoms with Crippen LogP contribution in [0.3, 0.4) is 0 Å². The van der Waals surface area contributed by atoms with E-state index in [2.05, 4.69) is 41.5 Å². The molecule has 9 nitrogen and oxygen atoms in total. The summed E-state index contributed by atoms with van der Waals surface area (Å²) in [6.45, 7) is 9.75. The number of unbranched alkanes of at least 4 members (excludes halogenated alkanes) is 10. The van der Waals surface area contributed by atoms with Gasteiger partial charge in [-0.2, -0.15) is 0 Å². The normalized spacial score (nSPS) is 17.6. The summed E-state index contributed by atoms with van der Waals surface area (Å²) in [7, 11) is 0. The lowest BCUT2D eigenvalue weighted by molar-refractivity contribution is -0.253. The third kappa shape index (κ3) is 16.1. The van der Waals surface area contributed by atoms with Gasteiger partial charge in [0, 0.05) is 25.1 Å². The second kappa shape index (κ2) is 24.2. The predicted octanol–water partition coefficient (Wildman–Crippen LogP) is 8.11. The van der Waals surface area contributed by atoms with Crippen molar-refractivity contribution in [3.05, 3.63) is 70.8 Å². The highest BCUT2D eigenvalue weighted by molar-refractivity contribution is 5.80. The number of ether oxygens (including phenoxy) is 3. The topological polar surface area (TPSA) is 109 Å². The van der Waals surface area contributed by atoms with Gasteiger partial charge in [-0.15, -0.1) is 0 Å². The van der Waals surface area contributed by atoms with E-state index in [1.165, 1.54) is 77.0 Å². The van der Waals surface area contributed by atoms with E-state index in [9.17, 15) is 14.7 Å². The maximum Gasteiger partial charge on any atom is 0.325 e. The molecule has 1 aliphatic heterocycles. The van der Waals surface area contributed by atoms with Gasteiger partial charge >= 0.3 is 12.0 Å². The van der Waals surface area contributed by atoms with Gasteiger partial charge in [-0.05, 0) is 49.5 Å². The zero-order chi connectivity index (χ0) is 35.1. The number of aliphatic hydroxyl groups excluding tert-OH is 1. The average Bonchev–Trinajstić information content (AvgIpc) is 3.12. The quantitative estimate of drug-likeness (QED) is 0.0759. The Hall–Kier alpha value is -2.98. The minimum Gasteiger partial charge on any atom is -0.465 e. The summed E-state index contributed by atoms with van der Waals surface area (Å²) in [6.07, 6.45) is 15.6. The molecule has 1 fully saturated rings. The molecule has 3 atom stereocenters. The van der Waals surface area contributed by atoms with Gasteiger partial charge in [0.05, 0.1) is 25.4 Å². The number of hydrogen-bond donors (Lipinski definition) is 3. The molecule has 1 aliphatic rings. The Kier molecular flexibility index (Phi) is 20.0. The lowest BCUT2D eigenvalue weighted by atomic mass is 9.99. The van der Waals surface area contributed by atoms with Gasteiger partial charge in [0.2, 0.25) is 0 Å². The van der Waals surface area contributed by atoms with Crippen molar-refractivity contribution in [2.75, 3.05) is 32.8 Å². The molecule has 274 valence electrons. The smallest absolute Gasteiger partial charge is 0.325 e. The number of carbonyl (C=O) groups is 2. The van der Waals surface area contributed by atoms with Crippen LogP contribution in [-0.2, 0) is 32.2 Å². The van der Waals surface area contributed by atoms with E-state index in [0.717, 1.165) is 48.3 Å². The SMILES string of the molecule is CCCCCCCCN(CCCCCCCC)CC1CC(c2ccc(CO)cc2)OC(c2ccc(CNC(=O)NCC(=O)OCC)cc2)O1. The van der Waals surface area contributed by atoms with Crippen LogP contribution in [0.2, 0.25) is 0 Å². The van der Waals surface area contributed by atoms with Crippen molar-refractivity contribution in [2.45, 2.75) is 136 Å². The van der Waals surface area contributed by atoms with Crippen molar-refractivity contribution in [2.24, 2.45) is 0 Å². The summed E-state index contributed by atoms with van der Waals surface area (Å²) in [4.78, 5) is 26.3. The Balaban J connectivity index is 1.66. The van der Waals surface area contributed by atoms with Crippen molar-refractivity contribution >= 4 is 12.0 Å². The van der Waals surface area contributed by atoms with Crippen LogP contribution < -0.4 is 10.6 Å². The molecule has 9 heteroatoms. The molecule has 0 spiro atoms. The van der Waals surface area contributed by atoms with E-state index in [4.69, 9.17) is 14.2 Å². The third-order valence-electron chi connectivity index (χ3n) is 9.14.